The number of Topliss-reactive ketones (excluding diaryl/α,β-unsaturated/α-hetero) is 1. The van der Waals surface area contributed by atoms with Crippen molar-refractivity contribution in [3.8, 4) is 5.75 Å². The zero-order chi connectivity index (χ0) is 11.4. The van der Waals surface area contributed by atoms with E-state index in [9.17, 15) is 4.79 Å². The maximum Gasteiger partial charge on any atom is 0.170 e. The Morgan fingerprint density at radius 2 is 2.38 bits per heavy atom. The Labute approximate surface area is 93.3 Å². The fourth-order valence-corrected chi connectivity index (χ4v) is 1.45. The number of ketones is 1. The number of carbonyl (C=O) groups excluding carboxylic acids is 1. The number of aromatic amines is 1. The summed E-state index contributed by atoms with van der Waals surface area (Å²) in [7, 11) is 1.58. The zero-order valence-corrected chi connectivity index (χ0v) is 8.93. The molecule has 2 aromatic rings. The lowest BCUT2D eigenvalue weighted by Crippen LogP contribution is -2.05. The Kier molecular flexibility index (Phi) is 3.00. The molecule has 0 aliphatic rings. The Balaban J connectivity index is 2.14. The van der Waals surface area contributed by atoms with Crippen LogP contribution >= 0.6 is 0 Å². The molecular weight excluding hydrogens is 204 g/mol. The van der Waals surface area contributed by atoms with E-state index in [1.54, 1.807) is 37.7 Å². The topological polar surface area (TPSA) is 55.0 Å². The van der Waals surface area contributed by atoms with Crippen LogP contribution in [-0.2, 0) is 6.42 Å². The molecule has 0 saturated carbocycles. The fraction of sp³-hybridized carbons (Fsp3) is 0.167. The van der Waals surface area contributed by atoms with Gasteiger partial charge in [0.15, 0.2) is 5.78 Å². The van der Waals surface area contributed by atoms with E-state index in [0.29, 0.717) is 17.1 Å². The van der Waals surface area contributed by atoms with Crippen molar-refractivity contribution in [2.45, 2.75) is 6.42 Å². The third kappa shape index (κ3) is 2.28. The average molecular weight is 216 g/mol. The fourth-order valence-electron chi connectivity index (χ4n) is 1.45. The van der Waals surface area contributed by atoms with E-state index in [1.165, 1.54) is 0 Å². The quantitative estimate of drug-likeness (QED) is 0.793. The van der Waals surface area contributed by atoms with Crippen LogP contribution in [0.4, 0.5) is 0 Å². The van der Waals surface area contributed by atoms with E-state index < -0.39 is 0 Å². The van der Waals surface area contributed by atoms with Gasteiger partial charge in [0.2, 0.25) is 0 Å². The molecule has 0 fully saturated rings. The van der Waals surface area contributed by atoms with Gasteiger partial charge in [-0.1, -0.05) is 12.1 Å². The van der Waals surface area contributed by atoms with Crippen molar-refractivity contribution in [2.75, 3.05) is 7.11 Å². The first-order chi connectivity index (χ1) is 7.79. The number of rotatable bonds is 4. The van der Waals surface area contributed by atoms with Crippen LogP contribution in [0.3, 0.4) is 0 Å². The number of carbonyl (C=O) groups is 1. The first-order valence-corrected chi connectivity index (χ1v) is 4.95. The summed E-state index contributed by atoms with van der Waals surface area (Å²) >= 11 is 0. The van der Waals surface area contributed by atoms with Crippen LogP contribution in [0.2, 0.25) is 0 Å². The third-order valence-electron chi connectivity index (χ3n) is 2.27. The van der Waals surface area contributed by atoms with Gasteiger partial charge in [-0.25, -0.2) is 4.98 Å². The van der Waals surface area contributed by atoms with Gasteiger partial charge in [0.05, 0.1) is 13.5 Å². The summed E-state index contributed by atoms with van der Waals surface area (Å²) in [6.45, 7) is 0. The van der Waals surface area contributed by atoms with E-state index in [1.807, 2.05) is 6.07 Å². The molecule has 0 amide bonds. The van der Waals surface area contributed by atoms with Gasteiger partial charge in [0, 0.05) is 18.0 Å². The van der Waals surface area contributed by atoms with Gasteiger partial charge in [0.1, 0.15) is 11.6 Å². The van der Waals surface area contributed by atoms with Crippen LogP contribution in [0.5, 0.6) is 5.75 Å². The van der Waals surface area contributed by atoms with Gasteiger partial charge < -0.3 is 9.72 Å². The molecular formula is C12H12N2O2. The molecule has 0 unspecified atom stereocenters. The second-order valence-corrected chi connectivity index (χ2v) is 3.37. The number of imidazole rings is 1. The molecule has 1 N–H and O–H groups in total. The molecule has 0 saturated heterocycles. The lowest BCUT2D eigenvalue weighted by atomic mass is 10.1. The van der Waals surface area contributed by atoms with Crippen molar-refractivity contribution in [1.29, 1.82) is 0 Å². The van der Waals surface area contributed by atoms with Crippen LogP contribution in [0.25, 0.3) is 0 Å². The van der Waals surface area contributed by atoms with Crippen LogP contribution in [0.15, 0.2) is 36.7 Å². The molecule has 0 radical (unpaired) electrons. The predicted octanol–water partition coefficient (Wildman–Crippen LogP) is 1.84. The summed E-state index contributed by atoms with van der Waals surface area (Å²) in [6.07, 6.45) is 3.61. The lowest BCUT2D eigenvalue weighted by Gasteiger charge is -2.02. The standard InChI is InChI=1S/C12H12N2O2/c1-16-10-4-2-3-9(7-10)11(15)8-12-13-5-6-14-12/h2-7H,8H2,1H3,(H,13,14). The van der Waals surface area contributed by atoms with Crippen LogP contribution in [0, 0.1) is 0 Å². The summed E-state index contributed by atoms with van der Waals surface area (Å²) in [5, 5.41) is 0. The van der Waals surface area contributed by atoms with E-state index >= 15 is 0 Å². The molecule has 0 bridgehead atoms. The molecule has 16 heavy (non-hydrogen) atoms. The molecule has 4 heteroatoms. The number of nitrogens with one attached hydrogen (secondary N) is 1. The van der Waals surface area contributed by atoms with Crippen molar-refractivity contribution in [2.24, 2.45) is 0 Å². The second kappa shape index (κ2) is 4.61. The van der Waals surface area contributed by atoms with Gasteiger partial charge >= 0.3 is 0 Å². The highest BCUT2D eigenvalue weighted by Crippen LogP contribution is 2.13. The van der Waals surface area contributed by atoms with Gasteiger partial charge in [-0.3, -0.25) is 4.79 Å². The number of nitrogens with zero attached hydrogens (tertiary/aromatic N) is 1. The summed E-state index contributed by atoms with van der Waals surface area (Å²) in [5.41, 5.74) is 0.635. The predicted molar refractivity (Wildman–Crippen MR) is 59.6 cm³/mol. The van der Waals surface area contributed by atoms with E-state index in [4.69, 9.17) is 4.74 Å². The number of H-pyrrole nitrogens is 1. The number of hydrogen-bond acceptors (Lipinski definition) is 3. The Hall–Kier alpha value is -2.10. The number of aromatic nitrogens is 2. The molecule has 4 nitrogen and oxygen atoms in total. The molecule has 0 aliphatic heterocycles. The van der Waals surface area contributed by atoms with Crippen molar-refractivity contribution >= 4 is 5.78 Å². The van der Waals surface area contributed by atoms with Gasteiger partial charge in [0.25, 0.3) is 0 Å². The number of methoxy groups -OCH3 is 1. The summed E-state index contributed by atoms with van der Waals surface area (Å²) in [5.74, 6) is 1.38. The third-order valence-corrected chi connectivity index (χ3v) is 2.27. The normalized spacial score (nSPS) is 10.1. The molecule has 2 rings (SSSR count). The molecule has 0 atom stereocenters. The first kappa shape index (κ1) is 10.4. The smallest absolute Gasteiger partial charge is 0.170 e. The summed E-state index contributed by atoms with van der Waals surface area (Å²) in [4.78, 5) is 18.8. The first-order valence-electron chi connectivity index (χ1n) is 4.95. The molecule has 1 aromatic carbocycles. The minimum Gasteiger partial charge on any atom is -0.497 e. The summed E-state index contributed by atoms with van der Waals surface area (Å²) in [6, 6.07) is 7.11. The molecule has 1 aromatic heterocycles. The van der Waals surface area contributed by atoms with Gasteiger partial charge in [-0.2, -0.15) is 0 Å². The van der Waals surface area contributed by atoms with Crippen molar-refractivity contribution < 1.29 is 9.53 Å². The van der Waals surface area contributed by atoms with Crippen LogP contribution < -0.4 is 4.74 Å². The second-order valence-electron chi connectivity index (χ2n) is 3.37. The number of ether oxygens (including phenoxy) is 1. The van der Waals surface area contributed by atoms with E-state index in [2.05, 4.69) is 9.97 Å². The highest BCUT2D eigenvalue weighted by Gasteiger charge is 2.09. The Morgan fingerprint density at radius 3 is 3.06 bits per heavy atom. The van der Waals surface area contributed by atoms with Crippen molar-refractivity contribution in [3.63, 3.8) is 0 Å². The maximum absolute atomic E-state index is 11.9. The van der Waals surface area contributed by atoms with Gasteiger partial charge in [-0.15, -0.1) is 0 Å². The Bertz CT molecular complexity index is 478. The van der Waals surface area contributed by atoms with Crippen molar-refractivity contribution in [3.05, 3.63) is 48.0 Å². The minimum absolute atomic E-state index is 0.0221. The number of hydrogen-bond donors (Lipinski definition) is 1. The monoisotopic (exact) mass is 216 g/mol. The molecule has 82 valence electrons. The SMILES string of the molecule is COc1cccc(C(=O)Cc2ncc[nH]2)c1. The molecule has 0 spiro atoms. The highest BCUT2D eigenvalue weighted by molar-refractivity contribution is 5.97. The van der Waals surface area contributed by atoms with Crippen LogP contribution in [-0.4, -0.2) is 22.9 Å². The molecule has 1 heterocycles. The molecule has 0 aliphatic carbocycles. The zero-order valence-electron chi connectivity index (χ0n) is 8.93. The lowest BCUT2D eigenvalue weighted by molar-refractivity contribution is 0.0990. The number of benzene rings is 1. The average Bonchev–Trinajstić information content (AvgIpc) is 2.82. The highest BCUT2D eigenvalue weighted by atomic mass is 16.5. The van der Waals surface area contributed by atoms with Gasteiger partial charge in [-0.05, 0) is 12.1 Å². The van der Waals surface area contributed by atoms with E-state index in [-0.39, 0.29) is 12.2 Å². The Morgan fingerprint density at radius 1 is 1.50 bits per heavy atom. The maximum atomic E-state index is 11.9. The largest absolute Gasteiger partial charge is 0.497 e. The van der Waals surface area contributed by atoms with Crippen molar-refractivity contribution in [1.82, 2.24) is 9.97 Å². The van der Waals surface area contributed by atoms with E-state index in [0.717, 1.165) is 0 Å². The summed E-state index contributed by atoms with van der Waals surface area (Å²) < 4.78 is 5.06. The van der Waals surface area contributed by atoms with Crippen LogP contribution in [0.1, 0.15) is 16.2 Å². The minimum atomic E-state index is 0.0221.